The number of allylic oxidation sites excluding steroid dienone is 1. The topological polar surface area (TPSA) is 32.6 Å². The maximum Gasteiger partial charge on any atom is 0.0682 e. The minimum absolute atomic E-state index is 0.0899. The predicted molar refractivity (Wildman–Crippen MR) is 55.7 cm³/mol. The summed E-state index contributed by atoms with van der Waals surface area (Å²) in [5.41, 5.74) is 2.06. The van der Waals surface area contributed by atoms with Crippen LogP contribution in [-0.4, -0.2) is 11.3 Å². The third-order valence-corrected chi connectivity index (χ3v) is 2.63. The summed E-state index contributed by atoms with van der Waals surface area (Å²) in [6, 6.07) is 5.88. The van der Waals surface area contributed by atoms with E-state index in [2.05, 4.69) is 4.40 Å². The zero-order valence-corrected chi connectivity index (χ0v) is 7.79. The summed E-state index contributed by atoms with van der Waals surface area (Å²) in [7, 11) is 0. The lowest BCUT2D eigenvalue weighted by molar-refractivity contribution is 0.281. The average Bonchev–Trinajstić information content (AvgIpc) is 2.41. The van der Waals surface area contributed by atoms with Gasteiger partial charge in [0.2, 0.25) is 0 Å². The zero-order valence-electron chi connectivity index (χ0n) is 6.97. The van der Waals surface area contributed by atoms with Crippen LogP contribution < -0.4 is 0 Å². The maximum atomic E-state index is 8.95. The van der Waals surface area contributed by atoms with E-state index in [1.807, 2.05) is 30.4 Å². The molecule has 1 N–H and O–H groups in total. The zero-order chi connectivity index (χ0) is 9.10. The summed E-state index contributed by atoms with van der Waals surface area (Å²) in [6.45, 7) is 0.0899. The van der Waals surface area contributed by atoms with Crippen molar-refractivity contribution in [3.05, 3.63) is 35.4 Å². The van der Waals surface area contributed by atoms with Crippen molar-refractivity contribution < 1.29 is 5.11 Å². The number of fused-ring (bicyclic) bond motifs is 1. The second-order valence-corrected chi connectivity index (χ2v) is 3.57. The van der Waals surface area contributed by atoms with Gasteiger partial charge in [0.1, 0.15) is 0 Å². The van der Waals surface area contributed by atoms with Crippen molar-refractivity contribution >= 4 is 24.2 Å². The number of benzene rings is 1. The molecule has 1 aliphatic heterocycles. The Labute approximate surface area is 81.1 Å². The Balaban J connectivity index is 2.45. The predicted octanol–water partition coefficient (Wildman–Crippen LogP) is 2.28. The highest BCUT2D eigenvalue weighted by molar-refractivity contribution is 7.98. The van der Waals surface area contributed by atoms with Crippen LogP contribution in [0.4, 0.5) is 0 Å². The van der Waals surface area contributed by atoms with E-state index in [1.54, 1.807) is 6.21 Å². The van der Waals surface area contributed by atoms with Crippen LogP contribution in [0.1, 0.15) is 11.1 Å². The van der Waals surface area contributed by atoms with Crippen molar-refractivity contribution in [3.8, 4) is 0 Å². The SMILES string of the molecule is OCc1ccc2c(c1)C=CC=NS2. The highest BCUT2D eigenvalue weighted by Crippen LogP contribution is 2.27. The van der Waals surface area contributed by atoms with Gasteiger partial charge in [-0.05, 0) is 29.3 Å². The monoisotopic (exact) mass is 191 g/mol. The van der Waals surface area contributed by atoms with Gasteiger partial charge in [-0.25, -0.2) is 4.40 Å². The number of aliphatic hydroxyl groups is 1. The van der Waals surface area contributed by atoms with E-state index in [9.17, 15) is 0 Å². The Morgan fingerprint density at radius 1 is 1.38 bits per heavy atom. The standard InChI is InChI=1S/C10H9NOS/c12-7-8-3-4-10-9(6-8)2-1-5-11-13-10/h1-6,12H,7H2. The first-order valence-corrected chi connectivity index (χ1v) is 4.78. The van der Waals surface area contributed by atoms with Crippen molar-refractivity contribution in [3.63, 3.8) is 0 Å². The molecule has 2 rings (SSSR count). The highest BCUT2D eigenvalue weighted by Gasteiger charge is 2.02. The van der Waals surface area contributed by atoms with Crippen LogP contribution in [-0.2, 0) is 6.61 Å². The van der Waals surface area contributed by atoms with E-state index in [0.717, 1.165) is 16.0 Å². The van der Waals surface area contributed by atoms with Crippen molar-refractivity contribution in [1.29, 1.82) is 0 Å². The van der Waals surface area contributed by atoms with Crippen molar-refractivity contribution in [1.82, 2.24) is 0 Å². The molecule has 0 amide bonds. The quantitative estimate of drug-likeness (QED) is 0.691. The van der Waals surface area contributed by atoms with Gasteiger partial charge in [-0.1, -0.05) is 12.1 Å². The molecule has 1 aliphatic rings. The normalized spacial score (nSPS) is 13.9. The fraction of sp³-hybridized carbons (Fsp3) is 0.100. The molecule has 1 heterocycles. The molecule has 3 heteroatoms. The van der Waals surface area contributed by atoms with E-state index < -0.39 is 0 Å². The van der Waals surface area contributed by atoms with Crippen LogP contribution >= 0.6 is 11.9 Å². The molecule has 1 aromatic rings. The first-order chi connectivity index (χ1) is 6.40. The van der Waals surface area contributed by atoms with E-state index >= 15 is 0 Å². The molecule has 0 saturated carbocycles. The molecule has 13 heavy (non-hydrogen) atoms. The Morgan fingerprint density at radius 3 is 3.15 bits per heavy atom. The molecule has 1 aromatic carbocycles. The highest BCUT2D eigenvalue weighted by atomic mass is 32.2. The maximum absolute atomic E-state index is 8.95. The Bertz CT molecular complexity index is 371. The number of hydrogen-bond donors (Lipinski definition) is 1. The molecule has 0 unspecified atom stereocenters. The summed E-state index contributed by atoms with van der Waals surface area (Å²) in [6.07, 6.45) is 5.67. The second-order valence-electron chi connectivity index (χ2n) is 2.74. The Morgan fingerprint density at radius 2 is 2.31 bits per heavy atom. The molecule has 0 aliphatic carbocycles. The number of hydrogen-bond acceptors (Lipinski definition) is 3. The minimum Gasteiger partial charge on any atom is -0.392 e. The molecular weight excluding hydrogens is 182 g/mol. The third kappa shape index (κ3) is 1.82. The summed E-state index contributed by atoms with van der Waals surface area (Å²) in [5.74, 6) is 0. The van der Waals surface area contributed by atoms with Crippen LogP contribution in [0.5, 0.6) is 0 Å². The molecule has 0 aromatic heterocycles. The number of nitrogens with zero attached hydrogens (tertiary/aromatic N) is 1. The largest absolute Gasteiger partial charge is 0.392 e. The molecule has 2 nitrogen and oxygen atoms in total. The van der Waals surface area contributed by atoms with E-state index in [1.165, 1.54) is 11.9 Å². The fourth-order valence-electron chi connectivity index (χ4n) is 1.18. The van der Waals surface area contributed by atoms with Crippen molar-refractivity contribution in [2.24, 2.45) is 4.40 Å². The van der Waals surface area contributed by atoms with Crippen LogP contribution in [0, 0.1) is 0 Å². The molecule has 0 fully saturated rings. The average molecular weight is 191 g/mol. The number of aliphatic hydroxyl groups excluding tert-OH is 1. The van der Waals surface area contributed by atoms with Gasteiger partial charge in [-0.2, -0.15) is 0 Å². The van der Waals surface area contributed by atoms with Gasteiger partial charge < -0.3 is 5.11 Å². The third-order valence-electron chi connectivity index (χ3n) is 1.83. The van der Waals surface area contributed by atoms with Gasteiger partial charge in [0, 0.05) is 23.1 Å². The lowest BCUT2D eigenvalue weighted by Gasteiger charge is -2.02. The van der Waals surface area contributed by atoms with E-state index in [-0.39, 0.29) is 6.61 Å². The van der Waals surface area contributed by atoms with Gasteiger partial charge in [0.15, 0.2) is 0 Å². The molecule has 0 atom stereocenters. The minimum atomic E-state index is 0.0899. The van der Waals surface area contributed by atoms with Crippen LogP contribution in [0.3, 0.4) is 0 Å². The van der Waals surface area contributed by atoms with E-state index in [0.29, 0.717) is 0 Å². The fourth-order valence-corrected chi connectivity index (χ4v) is 1.78. The van der Waals surface area contributed by atoms with Gasteiger partial charge in [-0.15, -0.1) is 0 Å². The van der Waals surface area contributed by atoms with E-state index in [4.69, 9.17) is 5.11 Å². The van der Waals surface area contributed by atoms with Crippen molar-refractivity contribution in [2.45, 2.75) is 11.5 Å². The lowest BCUT2D eigenvalue weighted by atomic mass is 10.1. The molecule has 0 saturated heterocycles. The molecule has 0 spiro atoms. The smallest absolute Gasteiger partial charge is 0.0682 e. The van der Waals surface area contributed by atoms with Crippen molar-refractivity contribution in [2.75, 3.05) is 0 Å². The number of rotatable bonds is 1. The van der Waals surface area contributed by atoms with Gasteiger partial charge >= 0.3 is 0 Å². The Kier molecular flexibility index (Phi) is 2.47. The molecule has 0 radical (unpaired) electrons. The van der Waals surface area contributed by atoms with Crippen LogP contribution in [0.25, 0.3) is 6.08 Å². The summed E-state index contributed by atoms with van der Waals surface area (Å²) < 4.78 is 4.11. The summed E-state index contributed by atoms with van der Waals surface area (Å²) >= 11 is 1.45. The van der Waals surface area contributed by atoms with Gasteiger partial charge in [-0.3, -0.25) is 0 Å². The second kappa shape index (κ2) is 3.77. The van der Waals surface area contributed by atoms with Crippen LogP contribution in [0.15, 0.2) is 33.6 Å². The molecular formula is C10H9NOS. The van der Waals surface area contributed by atoms with Crippen LogP contribution in [0.2, 0.25) is 0 Å². The van der Waals surface area contributed by atoms with Gasteiger partial charge in [0.25, 0.3) is 0 Å². The summed E-state index contributed by atoms with van der Waals surface area (Å²) in [5, 5.41) is 8.95. The Hall–Kier alpha value is -1.06. The van der Waals surface area contributed by atoms with Gasteiger partial charge in [0.05, 0.1) is 6.61 Å². The molecule has 0 bridgehead atoms. The molecule has 66 valence electrons. The first kappa shape index (κ1) is 8.53. The lowest BCUT2D eigenvalue weighted by Crippen LogP contribution is -1.85. The first-order valence-electron chi connectivity index (χ1n) is 4.01. The summed E-state index contributed by atoms with van der Waals surface area (Å²) in [4.78, 5) is 1.13.